The van der Waals surface area contributed by atoms with Crippen molar-refractivity contribution in [2.24, 2.45) is 5.73 Å². The van der Waals surface area contributed by atoms with E-state index in [0.717, 1.165) is 27.6 Å². The van der Waals surface area contributed by atoms with Gasteiger partial charge >= 0.3 is 0 Å². The van der Waals surface area contributed by atoms with Crippen LogP contribution in [0.4, 0.5) is 4.39 Å². The molecule has 0 aliphatic heterocycles. The minimum Gasteiger partial charge on any atom is -0.323 e. The van der Waals surface area contributed by atoms with E-state index >= 15 is 0 Å². The van der Waals surface area contributed by atoms with Gasteiger partial charge in [-0.15, -0.1) is 11.3 Å². The number of thiazole rings is 1. The monoisotopic (exact) mass is 290 g/mol. The highest BCUT2D eigenvalue weighted by atomic mass is 32.1. The van der Waals surface area contributed by atoms with Crippen molar-refractivity contribution in [3.05, 3.63) is 34.4 Å². The Labute approximate surface area is 120 Å². The van der Waals surface area contributed by atoms with Crippen LogP contribution < -0.4 is 5.73 Å². The first kappa shape index (κ1) is 13.2. The Hall–Kier alpha value is -1.79. The smallest absolute Gasteiger partial charge is 0.160 e. The molecule has 2 heterocycles. The fraction of sp³-hybridized carbons (Fsp3) is 0.286. The summed E-state index contributed by atoms with van der Waals surface area (Å²) in [7, 11) is 0. The van der Waals surface area contributed by atoms with Crippen molar-refractivity contribution in [2.45, 2.75) is 26.4 Å². The van der Waals surface area contributed by atoms with Gasteiger partial charge in [0.1, 0.15) is 16.5 Å². The van der Waals surface area contributed by atoms with Gasteiger partial charge in [0.15, 0.2) is 5.82 Å². The molecule has 0 amide bonds. The lowest BCUT2D eigenvalue weighted by Crippen LogP contribution is -2.04. The number of nitrogens with zero attached hydrogens (tertiary/aromatic N) is 3. The quantitative estimate of drug-likeness (QED) is 0.805. The van der Waals surface area contributed by atoms with Gasteiger partial charge in [-0.3, -0.25) is 0 Å². The largest absolute Gasteiger partial charge is 0.323 e. The van der Waals surface area contributed by atoms with Gasteiger partial charge in [-0.25, -0.2) is 14.4 Å². The fourth-order valence-corrected chi connectivity index (χ4v) is 2.97. The van der Waals surface area contributed by atoms with E-state index in [4.69, 9.17) is 5.73 Å². The number of halogens is 1. The molecular formula is C14H15FN4S. The highest BCUT2D eigenvalue weighted by molar-refractivity contribution is 7.10. The Kier molecular flexibility index (Phi) is 3.27. The summed E-state index contributed by atoms with van der Waals surface area (Å²) in [5, 5.41) is 2.82. The summed E-state index contributed by atoms with van der Waals surface area (Å²) in [5.74, 6) is 0.504. The van der Waals surface area contributed by atoms with Crippen LogP contribution in [0.5, 0.6) is 0 Å². The first-order valence-corrected chi connectivity index (χ1v) is 7.35. The van der Waals surface area contributed by atoms with Gasteiger partial charge in [-0.2, -0.15) is 0 Å². The van der Waals surface area contributed by atoms with Crippen molar-refractivity contribution in [3.8, 4) is 11.5 Å². The summed E-state index contributed by atoms with van der Waals surface area (Å²) in [6.07, 6.45) is 0. The van der Waals surface area contributed by atoms with Gasteiger partial charge in [0.05, 0.1) is 17.1 Å². The normalized spacial score (nSPS) is 13.0. The second-order valence-corrected chi connectivity index (χ2v) is 5.56. The molecule has 4 nitrogen and oxygen atoms in total. The van der Waals surface area contributed by atoms with Gasteiger partial charge in [-0.1, -0.05) is 0 Å². The van der Waals surface area contributed by atoms with Crippen molar-refractivity contribution in [1.29, 1.82) is 0 Å². The minimum atomic E-state index is -0.256. The molecule has 2 N–H and O–H groups in total. The lowest BCUT2D eigenvalue weighted by atomic mass is 10.3. The molecule has 0 aliphatic carbocycles. The summed E-state index contributed by atoms with van der Waals surface area (Å²) < 4.78 is 15.4. The van der Waals surface area contributed by atoms with E-state index in [1.165, 1.54) is 23.5 Å². The molecule has 3 rings (SSSR count). The zero-order valence-electron chi connectivity index (χ0n) is 11.3. The molecule has 20 heavy (non-hydrogen) atoms. The third-order valence-electron chi connectivity index (χ3n) is 3.17. The lowest BCUT2D eigenvalue weighted by Gasteiger charge is -2.03. The highest BCUT2D eigenvalue weighted by Crippen LogP contribution is 2.27. The summed E-state index contributed by atoms with van der Waals surface area (Å²) in [6, 6.07) is 4.53. The summed E-state index contributed by atoms with van der Waals surface area (Å²) in [4.78, 5) is 9.09. The average Bonchev–Trinajstić information content (AvgIpc) is 3.01. The average molecular weight is 290 g/mol. The van der Waals surface area contributed by atoms with Crippen LogP contribution in [0.1, 0.15) is 24.9 Å². The maximum absolute atomic E-state index is 13.4. The predicted octanol–water partition coefficient (Wildman–Crippen LogP) is 3.34. The Morgan fingerprint density at radius 3 is 2.85 bits per heavy atom. The summed E-state index contributed by atoms with van der Waals surface area (Å²) >= 11 is 1.52. The van der Waals surface area contributed by atoms with Crippen LogP contribution in [0.25, 0.3) is 22.6 Å². The van der Waals surface area contributed by atoms with Crippen LogP contribution in [-0.2, 0) is 6.54 Å². The number of aryl methyl sites for hydroxylation is 1. The molecule has 6 heteroatoms. The molecule has 0 spiro atoms. The van der Waals surface area contributed by atoms with Crippen molar-refractivity contribution in [3.63, 3.8) is 0 Å². The molecular weight excluding hydrogens is 275 g/mol. The van der Waals surface area contributed by atoms with Crippen LogP contribution in [-0.4, -0.2) is 14.5 Å². The molecule has 0 bridgehead atoms. The second-order valence-electron chi connectivity index (χ2n) is 4.67. The summed E-state index contributed by atoms with van der Waals surface area (Å²) in [6.45, 7) is 4.62. The van der Waals surface area contributed by atoms with Gasteiger partial charge in [0, 0.05) is 11.9 Å². The molecule has 1 aromatic carbocycles. The first-order valence-electron chi connectivity index (χ1n) is 6.47. The number of hydrogen-bond donors (Lipinski definition) is 1. The molecule has 0 aliphatic rings. The molecule has 0 saturated heterocycles. The maximum Gasteiger partial charge on any atom is 0.160 e. The zero-order valence-corrected chi connectivity index (χ0v) is 12.1. The Morgan fingerprint density at radius 2 is 2.20 bits per heavy atom. The third-order valence-corrected chi connectivity index (χ3v) is 4.21. The summed E-state index contributed by atoms with van der Waals surface area (Å²) in [5.41, 5.74) is 8.20. The van der Waals surface area contributed by atoms with Crippen molar-refractivity contribution < 1.29 is 4.39 Å². The van der Waals surface area contributed by atoms with Crippen molar-refractivity contribution >= 4 is 22.4 Å². The van der Waals surface area contributed by atoms with E-state index in [1.807, 2.05) is 23.8 Å². The van der Waals surface area contributed by atoms with Crippen LogP contribution in [0.2, 0.25) is 0 Å². The van der Waals surface area contributed by atoms with Crippen LogP contribution in [0, 0.1) is 5.82 Å². The lowest BCUT2D eigenvalue weighted by molar-refractivity contribution is 0.628. The van der Waals surface area contributed by atoms with Gasteiger partial charge in [-0.05, 0) is 32.0 Å². The predicted molar refractivity (Wildman–Crippen MR) is 79.1 cm³/mol. The van der Waals surface area contributed by atoms with E-state index < -0.39 is 0 Å². The SMILES string of the molecule is CCn1c(-c2csc(C(C)N)n2)nc2ccc(F)cc21. The highest BCUT2D eigenvalue weighted by Gasteiger charge is 2.15. The Balaban J connectivity index is 2.19. The minimum absolute atomic E-state index is 0.0920. The fourth-order valence-electron chi connectivity index (χ4n) is 2.21. The number of fused-ring (bicyclic) bond motifs is 1. The van der Waals surface area contributed by atoms with E-state index in [1.54, 1.807) is 6.07 Å². The number of aromatic nitrogens is 3. The van der Waals surface area contributed by atoms with Crippen LogP contribution in [0.15, 0.2) is 23.6 Å². The van der Waals surface area contributed by atoms with E-state index in [9.17, 15) is 4.39 Å². The molecule has 0 radical (unpaired) electrons. The first-order chi connectivity index (χ1) is 9.60. The second kappa shape index (κ2) is 4.96. The number of hydrogen-bond acceptors (Lipinski definition) is 4. The number of imidazole rings is 1. The topological polar surface area (TPSA) is 56.7 Å². The molecule has 2 aromatic heterocycles. The number of benzene rings is 1. The van der Waals surface area contributed by atoms with E-state index in [2.05, 4.69) is 9.97 Å². The molecule has 104 valence electrons. The molecule has 0 fully saturated rings. The molecule has 1 atom stereocenters. The van der Waals surface area contributed by atoms with Crippen molar-refractivity contribution in [1.82, 2.24) is 14.5 Å². The molecule has 3 aromatic rings. The van der Waals surface area contributed by atoms with Gasteiger partial charge in [0.25, 0.3) is 0 Å². The standard InChI is InChI=1S/C14H15FN4S/c1-3-19-12-6-9(15)4-5-10(12)17-13(19)11-7-20-14(18-11)8(2)16/h4-8H,3,16H2,1-2H3. The zero-order chi connectivity index (χ0) is 14.3. The van der Waals surface area contributed by atoms with Gasteiger partial charge < -0.3 is 10.3 Å². The van der Waals surface area contributed by atoms with Crippen molar-refractivity contribution in [2.75, 3.05) is 0 Å². The maximum atomic E-state index is 13.4. The molecule has 0 saturated carbocycles. The number of rotatable bonds is 3. The van der Waals surface area contributed by atoms with Gasteiger partial charge in [0.2, 0.25) is 0 Å². The number of nitrogens with two attached hydrogens (primary N) is 1. The third kappa shape index (κ3) is 2.10. The van der Waals surface area contributed by atoms with Crippen LogP contribution in [0.3, 0.4) is 0 Å². The van der Waals surface area contributed by atoms with E-state index in [0.29, 0.717) is 6.54 Å². The van der Waals surface area contributed by atoms with Crippen LogP contribution >= 0.6 is 11.3 Å². The Bertz CT molecular complexity index is 760. The molecule has 1 unspecified atom stereocenters. The Morgan fingerprint density at radius 1 is 1.40 bits per heavy atom. The van der Waals surface area contributed by atoms with E-state index in [-0.39, 0.29) is 11.9 Å².